The molecule has 0 spiro atoms. The van der Waals surface area contributed by atoms with E-state index in [0.29, 0.717) is 0 Å². The number of para-hydroxylation sites is 1. The molecular formula is C18H20N4O5S2. The molecule has 0 aliphatic carbocycles. The van der Waals surface area contributed by atoms with Gasteiger partial charge in [0.15, 0.2) is 5.75 Å². The fourth-order valence-corrected chi connectivity index (χ4v) is 4.47. The Balaban J connectivity index is 1.87. The standard InChI is InChI=1S/C18H20N4O5S2/c1-3-27-18-17(20-28(24)21-18)19-14-10-7-11-15(16(14)23)29(25,26)22(2)12-13-8-5-4-6-9-13/h4-11,23H,3,12H2,1-2H3,(H,19,20). The molecule has 0 saturated heterocycles. The highest BCUT2D eigenvalue weighted by Gasteiger charge is 2.27. The Morgan fingerprint density at radius 2 is 1.86 bits per heavy atom. The second-order valence-electron chi connectivity index (χ2n) is 6.02. The predicted molar refractivity (Wildman–Crippen MR) is 111 cm³/mol. The molecule has 29 heavy (non-hydrogen) atoms. The van der Waals surface area contributed by atoms with Crippen molar-refractivity contribution in [1.82, 2.24) is 4.31 Å². The van der Waals surface area contributed by atoms with Crippen LogP contribution in [-0.4, -0.2) is 47.4 Å². The van der Waals surface area contributed by atoms with Crippen LogP contribution in [0.4, 0.5) is 5.69 Å². The molecule has 1 aliphatic heterocycles. The molecule has 0 fully saturated rings. The lowest BCUT2D eigenvalue weighted by Crippen LogP contribution is -2.27. The fourth-order valence-electron chi connectivity index (χ4n) is 2.61. The molecule has 11 heteroatoms. The summed E-state index contributed by atoms with van der Waals surface area (Å²) in [6.07, 6.45) is 0. The zero-order valence-corrected chi connectivity index (χ0v) is 17.4. The first kappa shape index (κ1) is 21.0. The van der Waals surface area contributed by atoms with Gasteiger partial charge in [0.1, 0.15) is 4.90 Å². The summed E-state index contributed by atoms with van der Waals surface area (Å²) >= 11 is -1.84. The summed E-state index contributed by atoms with van der Waals surface area (Å²) in [6.45, 7) is 2.16. The minimum absolute atomic E-state index is 0.0275. The Kier molecular flexibility index (Phi) is 6.30. The van der Waals surface area contributed by atoms with Crippen molar-refractivity contribution < 1.29 is 22.5 Å². The van der Waals surface area contributed by atoms with Crippen molar-refractivity contribution in [3.05, 3.63) is 54.1 Å². The van der Waals surface area contributed by atoms with E-state index in [-0.39, 0.29) is 35.5 Å². The number of phenols is 1. The molecule has 0 aromatic heterocycles. The van der Waals surface area contributed by atoms with Gasteiger partial charge in [0.05, 0.1) is 12.3 Å². The van der Waals surface area contributed by atoms with Gasteiger partial charge >= 0.3 is 0 Å². The van der Waals surface area contributed by atoms with E-state index in [9.17, 15) is 17.7 Å². The van der Waals surface area contributed by atoms with Crippen LogP contribution in [-0.2, 0) is 32.5 Å². The number of hydrogen-bond donors (Lipinski definition) is 2. The lowest BCUT2D eigenvalue weighted by Gasteiger charge is -2.19. The van der Waals surface area contributed by atoms with E-state index >= 15 is 0 Å². The van der Waals surface area contributed by atoms with E-state index in [1.54, 1.807) is 6.92 Å². The second-order valence-corrected chi connectivity index (χ2v) is 8.86. The van der Waals surface area contributed by atoms with Gasteiger partial charge in [-0.15, -0.1) is 8.80 Å². The van der Waals surface area contributed by atoms with Crippen LogP contribution in [0.25, 0.3) is 0 Å². The molecule has 0 saturated carbocycles. The molecule has 2 aromatic carbocycles. The van der Waals surface area contributed by atoms with E-state index in [4.69, 9.17) is 4.74 Å². The van der Waals surface area contributed by atoms with Crippen LogP contribution >= 0.6 is 0 Å². The highest BCUT2D eigenvalue weighted by Crippen LogP contribution is 2.33. The average Bonchev–Trinajstić information content (AvgIpc) is 3.03. The van der Waals surface area contributed by atoms with Crippen molar-refractivity contribution in [3.8, 4) is 5.75 Å². The van der Waals surface area contributed by atoms with E-state index in [2.05, 4.69) is 14.1 Å². The summed E-state index contributed by atoms with van der Waals surface area (Å²) in [5.74, 6) is -0.406. The number of phenolic OH excluding ortho intramolecular Hbond substituents is 1. The van der Waals surface area contributed by atoms with Gasteiger partial charge in [-0.3, -0.25) is 0 Å². The van der Waals surface area contributed by atoms with Crippen molar-refractivity contribution >= 4 is 38.6 Å². The monoisotopic (exact) mass is 436 g/mol. The second kappa shape index (κ2) is 8.72. The zero-order chi connectivity index (χ0) is 21.0. The number of aromatic hydroxyl groups is 1. The van der Waals surface area contributed by atoms with Gasteiger partial charge < -0.3 is 15.2 Å². The van der Waals surface area contributed by atoms with Gasteiger partial charge in [0.25, 0.3) is 17.1 Å². The molecule has 1 aliphatic rings. The first-order valence-electron chi connectivity index (χ1n) is 8.64. The quantitative estimate of drug-likeness (QED) is 0.669. The Morgan fingerprint density at radius 3 is 2.55 bits per heavy atom. The molecule has 3 rings (SSSR count). The number of nitrogens with zero attached hydrogens (tertiary/aromatic N) is 3. The third kappa shape index (κ3) is 4.63. The maximum Gasteiger partial charge on any atom is 0.271 e. The van der Waals surface area contributed by atoms with Crippen LogP contribution in [0.5, 0.6) is 5.75 Å². The summed E-state index contributed by atoms with van der Waals surface area (Å²) < 4.78 is 51.4. The van der Waals surface area contributed by atoms with E-state index in [1.807, 2.05) is 30.3 Å². The Hall–Kier alpha value is -2.76. The minimum Gasteiger partial charge on any atom is -0.504 e. The number of ether oxygens (including phenoxy) is 1. The third-order valence-corrected chi connectivity index (χ3v) is 6.50. The maximum absolute atomic E-state index is 13.0. The summed E-state index contributed by atoms with van der Waals surface area (Å²) in [5, 5.41) is 13.3. The van der Waals surface area contributed by atoms with Crippen molar-refractivity contribution in [2.75, 3.05) is 19.0 Å². The minimum atomic E-state index is -3.98. The van der Waals surface area contributed by atoms with Crippen LogP contribution in [0.2, 0.25) is 0 Å². The SMILES string of the molecule is CCOC1=NS(=O)N=C1Nc1cccc(S(=O)(=O)N(C)Cc2ccccc2)c1O. The first-order valence-corrected chi connectivity index (χ1v) is 11.1. The molecule has 9 nitrogen and oxygen atoms in total. The molecule has 0 amide bonds. The van der Waals surface area contributed by atoms with Crippen molar-refractivity contribution in [1.29, 1.82) is 0 Å². The Bertz CT molecular complexity index is 1080. The molecule has 154 valence electrons. The smallest absolute Gasteiger partial charge is 0.271 e. The van der Waals surface area contributed by atoms with Crippen molar-refractivity contribution in [3.63, 3.8) is 0 Å². The van der Waals surface area contributed by atoms with E-state index < -0.39 is 26.9 Å². The lowest BCUT2D eigenvalue weighted by molar-refractivity contribution is 0.335. The molecule has 1 heterocycles. The maximum atomic E-state index is 13.0. The predicted octanol–water partition coefficient (Wildman–Crippen LogP) is 2.05. The molecule has 2 aromatic rings. The number of nitrogens with one attached hydrogen (secondary N) is 1. The van der Waals surface area contributed by atoms with Gasteiger partial charge in [-0.05, 0) is 24.6 Å². The molecule has 1 atom stereocenters. The van der Waals surface area contributed by atoms with Crippen LogP contribution in [0.15, 0.2) is 62.2 Å². The lowest BCUT2D eigenvalue weighted by atomic mass is 10.2. The topological polar surface area (TPSA) is 121 Å². The number of benzene rings is 2. The number of sulfonamides is 1. The van der Waals surface area contributed by atoms with Crippen molar-refractivity contribution in [2.45, 2.75) is 18.4 Å². The van der Waals surface area contributed by atoms with Gasteiger partial charge in [-0.1, -0.05) is 36.4 Å². The normalized spacial score (nSPS) is 16.4. The Morgan fingerprint density at radius 1 is 1.14 bits per heavy atom. The van der Waals surface area contributed by atoms with Gasteiger partial charge in [-0.25, -0.2) is 12.6 Å². The molecular weight excluding hydrogens is 416 g/mol. The highest BCUT2D eigenvalue weighted by atomic mass is 32.2. The van der Waals surface area contributed by atoms with Gasteiger partial charge in [-0.2, -0.15) is 4.31 Å². The first-order chi connectivity index (χ1) is 13.8. The van der Waals surface area contributed by atoms with Gasteiger partial charge in [0, 0.05) is 13.6 Å². The van der Waals surface area contributed by atoms with E-state index in [1.165, 1.54) is 25.2 Å². The van der Waals surface area contributed by atoms with Crippen LogP contribution in [0.1, 0.15) is 12.5 Å². The highest BCUT2D eigenvalue weighted by molar-refractivity contribution is 7.89. The van der Waals surface area contributed by atoms with Crippen LogP contribution < -0.4 is 5.32 Å². The fraction of sp³-hybridized carbons (Fsp3) is 0.222. The number of hydrogen-bond acceptors (Lipinski definition) is 6. The third-order valence-electron chi connectivity index (χ3n) is 4.00. The number of rotatable bonds is 6. The van der Waals surface area contributed by atoms with Crippen molar-refractivity contribution in [2.24, 2.45) is 8.80 Å². The summed E-state index contributed by atoms with van der Waals surface area (Å²) in [6, 6.07) is 13.4. The summed E-state index contributed by atoms with van der Waals surface area (Å²) in [4.78, 5) is -0.268. The van der Waals surface area contributed by atoms with Crippen LogP contribution in [0.3, 0.4) is 0 Å². The number of anilines is 1. The van der Waals surface area contributed by atoms with Crippen LogP contribution in [0, 0.1) is 0 Å². The zero-order valence-electron chi connectivity index (χ0n) is 15.8. The average molecular weight is 437 g/mol. The molecule has 0 radical (unpaired) electrons. The number of amidine groups is 1. The Labute approximate surface area is 171 Å². The molecule has 0 bridgehead atoms. The molecule has 2 N–H and O–H groups in total. The molecule has 1 unspecified atom stereocenters. The summed E-state index contributed by atoms with van der Waals surface area (Å²) in [5.41, 5.74) is 0.886. The van der Waals surface area contributed by atoms with E-state index in [0.717, 1.165) is 9.87 Å². The largest absolute Gasteiger partial charge is 0.504 e. The van der Waals surface area contributed by atoms with Gasteiger partial charge in [0.2, 0.25) is 15.9 Å². The summed E-state index contributed by atoms with van der Waals surface area (Å²) in [7, 11) is -2.54.